The molecule has 0 saturated heterocycles. The molecule has 2 heteroatoms. The summed E-state index contributed by atoms with van der Waals surface area (Å²) < 4.78 is 0. The number of fused-ring (bicyclic) bond motifs is 1. The molecule has 2 aromatic carbocycles. The lowest BCUT2D eigenvalue weighted by Gasteiger charge is -2.33. The van der Waals surface area contributed by atoms with Crippen molar-refractivity contribution in [2.45, 2.75) is 18.2 Å². The molecule has 0 unspecified atom stereocenters. The van der Waals surface area contributed by atoms with Gasteiger partial charge in [-0.15, -0.1) is 0 Å². The molecule has 1 nitrogen and oxygen atoms in total. The average molecular weight is 314 g/mol. The minimum Gasteiger partial charge on any atom is -0.315 e. The van der Waals surface area contributed by atoms with Crippen LogP contribution in [0.3, 0.4) is 0 Å². The van der Waals surface area contributed by atoms with Gasteiger partial charge in [-0.05, 0) is 42.2 Å². The smallest absolute Gasteiger partial charge is 0.0490 e. The predicted octanol–water partition coefficient (Wildman–Crippen LogP) is 5.18. The molecule has 3 rings (SSSR count). The van der Waals surface area contributed by atoms with E-state index in [0.717, 1.165) is 18.2 Å². The number of anilines is 2. The second-order valence-electron chi connectivity index (χ2n) is 4.83. The lowest BCUT2D eigenvalue weighted by atomic mass is 9.97. The van der Waals surface area contributed by atoms with Crippen LogP contribution in [-0.2, 0) is 11.8 Å². The Hall–Kier alpha value is -1.54. The number of nitrogens with zero attached hydrogens (tertiary/aromatic N) is 1. The first-order valence-corrected chi connectivity index (χ1v) is 7.62. The average Bonchev–Trinajstić information content (AvgIpc) is 2.47. The van der Waals surface area contributed by atoms with Crippen molar-refractivity contribution in [3.63, 3.8) is 0 Å². The largest absolute Gasteiger partial charge is 0.315 e. The van der Waals surface area contributed by atoms with E-state index in [2.05, 4.69) is 69.9 Å². The summed E-state index contributed by atoms with van der Waals surface area (Å²) in [4.78, 5) is 2.27. The maximum absolute atomic E-state index is 4.23. The van der Waals surface area contributed by atoms with Gasteiger partial charge >= 0.3 is 0 Å². The van der Waals surface area contributed by atoms with Crippen LogP contribution in [0, 0.1) is 0 Å². The van der Waals surface area contributed by atoms with Gasteiger partial charge in [-0.2, -0.15) is 0 Å². The fourth-order valence-corrected chi connectivity index (χ4v) is 2.95. The van der Waals surface area contributed by atoms with Crippen molar-refractivity contribution in [1.29, 1.82) is 0 Å². The summed E-state index contributed by atoms with van der Waals surface area (Å²) in [5, 5.41) is 0.909. The molecule has 96 valence electrons. The highest BCUT2D eigenvalue weighted by Gasteiger charge is 2.21. The number of benzene rings is 2. The van der Waals surface area contributed by atoms with Gasteiger partial charge in [-0.25, -0.2) is 0 Å². The van der Waals surface area contributed by atoms with E-state index in [4.69, 9.17) is 0 Å². The van der Waals surface area contributed by atoms with Gasteiger partial charge in [0.2, 0.25) is 0 Å². The molecule has 0 radical (unpaired) electrons. The second-order valence-corrected chi connectivity index (χ2v) is 5.39. The van der Waals surface area contributed by atoms with E-state index >= 15 is 0 Å². The first-order valence-electron chi connectivity index (χ1n) is 6.50. The Labute approximate surface area is 122 Å². The SMILES string of the molecule is C=C1CCc2cc(CBr)ccc2N1c1ccccc1. The Morgan fingerprint density at radius 3 is 2.58 bits per heavy atom. The summed E-state index contributed by atoms with van der Waals surface area (Å²) >= 11 is 3.53. The number of alkyl halides is 1. The van der Waals surface area contributed by atoms with Gasteiger partial charge in [0, 0.05) is 22.4 Å². The Kier molecular flexibility index (Phi) is 3.43. The number of hydrogen-bond acceptors (Lipinski definition) is 1. The highest BCUT2D eigenvalue weighted by molar-refractivity contribution is 9.08. The molecule has 0 saturated carbocycles. The third-order valence-corrected chi connectivity index (χ3v) is 4.20. The van der Waals surface area contributed by atoms with Crippen LogP contribution in [0.4, 0.5) is 11.4 Å². The molecule has 0 aromatic heterocycles. The van der Waals surface area contributed by atoms with Crippen LogP contribution in [0.15, 0.2) is 60.8 Å². The Morgan fingerprint density at radius 1 is 1.05 bits per heavy atom. The van der Waals surface area contributed by atoms with E-state index in [1.807, 2.05) is 6.07 Å². The van der Waals surface area contributed by atoms with Crippen molar-refractivity contribution in [1.82, 2.24) is 0 Å². The van der Waals surface area contributed by atoms with Crippen LogP contribution in [0.5, 0.6) is 0 Å². The molecule has 0 spiro atoms. The van der Waals surface area contributed by atoms with Crippen molar-refractivity contribution < 1.29 is 0 Å². The van der Waals surface area contributed by atoms with Gasteiger partial charge in [0.25, 0.3) is 0 Å². The van der Waals surface area contributed by atoms with Gasteiger partial charge < -0.3 is 4.90 Å². The summed E-state index contributed by atoms with van der Waals surface area (Å²) in [6.45, 7) is 4.23. The molecular weight excluding hydrogens is 298 g/mol. The van der Waals surface area contributed by atoms with Crippen LogP contribution in [0.1, 0.15) is 17.5 Å². The van der Waals surface area contributed by atoms with Gasteiger partial charge in [0.1, 0.15) is 0 Å². The summed E-state index contributed by atoms with van der Waals surface area (Å²) in [7, 11) is 0. The van der Waals surface area contributed by atoms with Gasteiger partial charge in [-0.3, -0.25) is 0 Å². The van der Waals surface area contributed by atoms with Crippen LogP contribution < -0.4 is 4.90 Å². The number of para-hydroxylation sites is 1. The van der Waals surface area contributed by atoms with Gasteiger partial charge in [0.15, 0.2) is 0 Å². The second kappa shape index (κ2) is 5.22. The van der Waals surface area contributed by atoms with Crippen molar-refractivity contribution in [3.8, 4) is 0 Å². The summed E-state index contributed by atoms with van der Waals surface area (Å²) in [6, 6.07) is 17.2. The number of rotatable bonds is 2. The van der Waals surface area contributed by atoms with Crippen molar-refractivity contribution >= 4 is 27.3 Å². The van der Waals surface area contributed by atoms with Gasteiger partial charge in [-0.1, -0.05) is 52.8 Å². The molecule has 19 heavy (non-hydrogen) atoms. The molecule has 1 heterocycles. The highest BCUT2D eigenvalue weighted by Crippen LogP contribution is 2.38. The van der Waals surface area contributed by atoms with E-state index in [1.54, 1.807) is 0 Å². The topological polar surface area (TPSA) is 3.24 Å². The number of aryl methyl sites for hydroxylation is 1. The molecule has 1 aliphatic rings. The summed E-state index contributed by atoms with van der Waals surface area (Å²) in [5.74, 6) is 0. The lowest BCUT2D eigenvalue weighted by Crippen LogP contribution is -2.21. The van der Waals surface area contributed by atoms with Crippen molar-refractivity contribution in [2.75, 3.05) is 4.90 Å². The molecule has 2 aromatic rings. The zero-order chi connectivity index (χ0) is 13.2. The van der Waals surface area contributed by atoms with Crippen LogP contribution in [0.2, 0.25) is 0 Å². The zero-order valence-corrected chi connectivity index (χ0v) is 12.4. The standard InChI is InChI=1S/C17H16BrN/c1-13-7-9-15-11-14(12-18)8-10-17(15)19(13)16-5-3-2-4-6-16/h2-6,8,10-11H,1,7,9,12H2. The molecule has 1 aliphatic heterocycles. The Balaban J connectivity index is 2.09. The number of hydrogen-bond donors (Lipinski definition) is 0. The molecule has 0 amide bonds. The Bertz CT molecular complexity index is 604. The van der Waals surface area contributed by atoms with E-state index < -0.39 is 0 Å². The minimum absolute atomic E-state index is 0.909. The van der Waals surface area contributed by atoms with Crippen molar-refractivity contribution in [3.05, 3.63) is 71.9 Å². The molecule has 0 fully saturated rings. The monoisotopic (exact) mass is 313 g/mol. The zero-order valence-electron chi connectivity index (χ0n) is 10.8. The lowest BCUT2D eigenvalue weighted by molar-refractivity contribution is 0.863. The minimum atomic E-state index is 0.909. The van der Waals surface area contributed by atoms with E-state index in [9.17, 15) is 0 Å². The summed E-state index contributed by atoms with van der Waals surface area (Å²) in [6.07, 6.45) is 2.10. The predicted molar refractivity (Wildman–Crippen MR) is 85.1 cm³/mol. The number of halogens is 1. The third kappa shape index (κ3) is 2.33. The fourth-order valence-electron chi connectivity index (χ4n) is 2.60. The first kappa shape index (κ1) is 12.5. The molecule has 0 atom stereocenters. The van der Waals surface area contributed by atoms with E-state index in [1.165, 1.54) is 28.2 Å². The van der Waals surface area contributed by atoms with E-state index in [-0.39, 0.29) is 0 Å². The Morgan fingerprint density at radius 2 is 1.84 bits per heavy atom. The third-order valence-electron chi connectivity index (χ3n) is 3.55. The molecule has 0 N–H and O–H groups in total. The highest BCUT2D eigenvalue weighted by atomic mass is 79.9. The molecule has 0 bridgehead atoms. The fraction of sp³-hybridized carbons (Fsp3) is 0.176. The maximum atomic E-state index is 4.23. The quantitative estimate of drug-likeness (QED) is 0.690. The van der Waals surface area contributed by atoms with Crippen LogP contribution in [0.25, 0.3) is 0 Å². The maximum Gasteiger partial charge on any atom is 0.0490 e. The number of allylic oxidation sites excluding steroid dienone is 1. The summed E-state index contributed by atoms with van der Waals surface area (Å²) in [5.41, 5.74) is 6.38. The normalized spacial score (nSPS) is 14.4. The molecular formula is C17H16BrN. The van der Waals surface area contributed by atoms with Crippen molar-refractivity contribution in [2.24, 2.45) is 0 Å². The van der Waals surface area contributed by atoms with Crippen LogP contribution in [-0.4, -0.2) is 0 Å². The first-order chi connectivity index (χ1) is 9.29. The van der Waals surface area contributed by atoms with E-state index in [0.29, 0.717) is 0 Å². The van der Waals surface area contributed by atoms with Gasteiger partial charge in [0.05, 0.1) is 0 Å². The molecule has 0 aliphatic carbocycles. The van der Waals surface area contributed by atoms with Crippen LogP contribution >= 0.6 is 15.9 Å².